The van der Waals surface area contributed by atoms with E-state index in [2.05, 4.69) is 11.9 Å². The van der Waals surface area contributed by atoms with Crippen LogP contribution in [0.3, 0.4) is 0 Å². The van der Waals surface area contributed by atoms with E-state index in [1.54, 1.807) is 24.3 Å². The Kier molecular flexibility index (Phi) is 4.91. The van der Waals surface area contributed by atoms with Gasteiger partial charge in [-0.1, -0.05) is 36.4 Å². The van der Waals surface area contributed by atoms with E-state index >= 15 is 0 Å². The molecular formula is C22H19N3O2. The van der Waals surface area contributed by atoms with Crippen molar-refractivity contribution in [2.75, 3.05) is 16.8 Å². The molecule has 134 valence electrons. The maximum Gasteiger partial charge on any atom is 0.267 e. The van der Waals surface area contributed by atoms with Crippen molar-refractivity contribution in [1.29, 1.82) is 5.26 Å². The normalized spacial score (nSPS) is 14.4. The molecule has 2 aromatic carbocycles. The summed E-state index contributed by atoms with van der Waals surface area (Å²) in [5.41, 5.74) is 3.67. The van der Waals surface area contributed by atoms with Gasteiger partial charge >= 0.3 is 0 Å². The predicted molar refractivity (Wildman–Crippen MR) is 106 cm³/mol. The Hall–Kier alpha value is -3.65. The number of carbonyl (C=O) groups excluding carboxylic acids is 2. The number of benzene rings is 2. The fourth-order valence-electron chi connectivity index (χ4n) is 3.11. The Bertz CT molecular complexity index is 1030. The van der Waals surface area contributed by atoms with Crippen LogP contribution in [0, 0.1) is 25.2 Å². The van der Waals surface area contributed by atoms with Crippen LogP contribution in [-0.2, 0) is 9.59 Å². The number of fused-ring (bicyclic) bond motifs is 1. The topological polar surface area (TPSA) is 73.2 Å². The fraction of sp³-hybridized carbons (Fsp3) is 0.136. The molecule has 0 aromatic heterocycles. The zero-order chi connectivity index (χ0) is 19.6. The molecule has 1 heterocycles. The van der Waals surface area contributed by atoms with Gasteiger partial charge in [-0.25, -0.2) is 0 Å². The highest BCUT2D eigenvalue weighted by atomic mass is 16.2. The van der Waals surface area contributed by atoms with E-state index < -0.39 is 5.91 Å². The monoisotopic (exact) mass is 357 g/mol. The second kappa shape index (κ2) is 7.30. The van der Waals surface area contributed by atoms with Gasteiger partial charge in [0.25, 0.3) is 11.8 Å². The van der Waals surface area contributed by atoms with Crippen molar-refractivity contribution >= 4 is 28.8 Å². The molecule has 2 aromatic rings. The van der Waals surface area contributed by atoms with Gasteiger partial charge in [0, 0.05) is 17.8 Å². The van der Waals surface area contributed by atoms with Gasteiger partial charge in [-0.05, 0) is 37.1 Å². The molecule has 0 saturated carbocycles. The Balaban J connectivity index is 2.08. The molecule has 0 bridgehead atoms. The number of nitrogens with zero attached hydrogens (tertiary/aromatic N) is 2. The first-order valence-electron chi connectivity index (χ1n) is 8.53. The molecule has 1 aliphatic rings. The molecule has 2 amide bonds. The van der Waals surface area contributed by atoms with E-state index in [1.165, 1.54) is 4.90 Å². The summed E-state index contributed by atoms with van der Waals surface area (Å²) in [6.45, 7) is 7.77. The molecule has 3 rings (SSSR count). The fourth-order valence-corrected chi connectivity index (χ4v) is 3.11. The zero-order valence-corrected chi connectivity index (χ0v) is 15.2. The first-order chi connectivity index (χ1) is 13.0. The van der Waals surface area contributed by atoms with E-state index in [0.29, 0.717) is 23.5 Å². The molecule has 5 heteroatoms. The number of carbonyl (C=O) groups is 2. The Labute approximate surface area is 158 Å². The van der Waals surface area contributed by atoms with Crippen LogP contribution in [0.15, 0.2) is 60.7 Å². The Morgan fingerprint density at radius 3 is 2.70 bits per heavy atom. The van der Waals surface area contributed by atoms with Crippen molar-refractivity contribution in [3.8, 4) is 6.07 Å². The van der Waals surface area contributed by atoms with E-state index in [9.17, 15) is 14.9 Å². The number of para-hydroxylation sites is 1. The lowest BCUT2D eigenvalue weighted by molar-refractivity contribution is -0.114. The summed E-state index contributed by atoms with van der Waals surface area (Å²) in [6, 6.07) is 14.7. The van der Waals surface area contributed by atoms with Crippen LogP contribution >= 0.6 is 0 Å². The van der Waals surface area contributed by atoms with Gasteiger partial charge in [0.15, 0.2) is 0 Å². The number of nitriles is 1. The maximum absolute atomic E-state index is 12.9. The SMILES string of the molecule is C=CCN1C(=O)/C(=C(\C#N)C(=O)Nc2cc(C)ccc2C)c2ccccc21. The number of nitrogens with one attached hydrogen (secondary N) is 1. The minimum atomic E-state index is -0.593. The zero-order valence-electron chi connectivity index (χ0n) is 15.2. The van der Waals surface area contributed by atoms with Crippen LogP contribution < -0.4 is 10.2 Å². The molecule has 0 unspecified atom stereocenters. The lowest BCUT2D eigenvalue weighted by atomic mass is 10.0. The summed E-state index contributed by atoms with van der Waals surface area (Å²) in [5.74, 6) is -0.964. The summed E-state index contributed by atoms with van der Waals surface area (Å²) in [7, 11) is 0. The van der Waals surface area contributed by atoms with Gasteiger partial charge in [-0.3, -0.25) is 9.59 Å². The van der Waals surface area contributed by atoms with Crippen LogP contribution in [0.5, 0.6) is 0 Å². The van der Waals surface area contributed by atoms with Gasteiger partial charge in [-0.2, -0.15) is 5.26 Å². The lowest BCUT2D eigenvalue weighted by Crippen LogP contribution is -2.27. The number of rotatable bonds is 4. The third kappa shape index (κ3) is 3.25. The molecule has 0 saturated heterocycles. The number of hydrogen-bond acceptors (Lipinski definition) is 3. The molecule has 0 radical (unpaired) electrons. The molecule has 1 N–H and O–H groups in total. The molecular weight excluding hydrogens is 338 g/mol. The van der Waals surface area contributed by atoms with Gasteiger partial charge in [0.1, 0.15) is 11.6 Å². The van der Waals surface area contributed by atoms with E-state index in [4.69, 9.17) is 0 Å². The van der Waals surface area contributed by atoms with Gasteiger partial charge in [0.05, 0.1) is 11.3 Å². The Morgan fingerprint density at radius 2 is 2.00 bits per heavy atom. The highest BCUT2D eigenvalue weighted by Crippen LogP contribution is 2.38. The summed E-state index contributed by atoms with van der Waals surface area (Å²) >= 11 is 0. The summed E-state index contributed by atoms with van der Waals surface area (Å²) in [4.78, 5) is 27.3. The lowest BCUT2D eigenvalue weighted by Gasteiger charge is -2.14. The van der Waals surface area contributed by atoms with Crippen LogP contribution in [0.1, 0.15) is 16.7 Å². The van der Waals surface area contributed by atoms with Gasteiger partial charge in [-0.15, -0.1) is 6.58 Å². The van der Waals surface area contributed by atoms with Gasteiger partial charge in [0.2, 0.25) is 0 Å². The van der Waals surface area contributed by atoms with Crippen LogP contribution in [0.2, 0.25) is 0 Å². The third-order valence-electron chi connectivity index (χ3n) is 4.47. The smallest absolute Gasteiger partial charge is 0.267 e. The number of amides is 2. The Morgan fingerprint density at radius 1 is 1.26 bits per heavy atom. The minimum absolute atomic E-state index is 0.123. The number of anilines is 2. The molecule has 0 aliphatic carbocycles. The van der Waals surface area contributed by atoms with Crippen LogP contribution in [0.4, 0.5) is 11.4 Å². The average Bonchev–Trinajstić information content (AvgIpc) is 2.92. The number of aryl methyl sites for hydroxylation is 2. The average molecular weight is 357 g/mol. The van der Waals surface area contributed by atoms with E-state index in [1.807, 2.05) is 44.2 Å². The van der Waals surface area contributed by atoms with Crippen molar-refractivity contribution in [3.63, 3.8) is 0 Å². The van der Waals surface area contributed by atoms with Gasteiger partial charge < -0.3 is 10.2 Å². The highest BCUT2D eigenvalue weighted by Gasteiger charge is 2.35. The first-order valence-corrected chi connectivity index (χ1v) is 8.53. The third-order valence-corrected chi connectivity index (χ3v) is 4.47. The quantitative estimate of drug-likeness (QED) is 0.514. The molecule has 27 heavy (non-hydrogen) atoms. The number of hydrogen-bond donors (Lipinski definition) is 1. The van der Waals surface area contributed by atoms with Crippen molar-refractivity contribution in [3.05, 3.63) is 77.4 Å². The van der Waals surface area contributed by atoms with Crippen molar-refractivity contribution in [1.82, 2.24) is 0 Å². The minimum Gasteiger partial charge on any atom is -0.321 e. The molecule has 0 atom stereocenters. The van der Waals surface area contributed by atoms with Crippen molar-refractivity contribution in [2.45, 2.75) is 13.8 Å². The van der Waals surface area contributed by atoms with Crippen molar-refractivity contribution in [2.24, 2.45) is 0 Å². The second-order valence-electron chi connectivity index (χ2n) is 6.36. The van der Waals surface area contributed by atoms with Crippen LogP contribution in [0.25, 0.3) is 5.57 Å². The molecule has 5 nitrogen and oxygen atoms in total. The summed E-state index contributed by atoms with van der Waals surface area (Å²) in [5, 5.41) is 12.4. The maximum atomic E-state index is 12.9. The molecule has 1 aliphatic heterocycles. The molecule has 0 spiro atoms. The highest BCUT2D eigenvalue weighted by molar-refractivity contribution is 6.37. The first kappa shape index (κ1) is 18.2. The summed E-state index contributed by atoms with van der Waals surface area (Å²) in [6.07, 6.45) is 1.61. The van der Waals surface area contributed by atoms with Crippen LogP contribution in [-0.4, -0.2) is 18.4 Å². The summed E-state index contributed by atoms with van der Waals surface area (Å²) < 4.78 is 0. The van der Waals surface area contributed by atoms with E-state index in [0.717, 1.165) is 11.1 Å². The largest absolute Gasteiger partial charge is 0.321 e. The molecule has 0 fully saturated rings. The standard InChI is InChI=1S/C22H19N3O2/c1-4-11-25-19-8-6-5-7-16(19)20(22(25)27)17(13-23)21(26)24-18-12-14(2)9-10-15(18)3/h4-10,12H,1,11H2,2-3H3,(H,24,26)/b20-17+. The van der Waals surface area contributed by atoms with Crippen molar-refractivity contribution < 1.29 is 9.59 Å². The van der Waals surface area contributed by atoms with E-state index in [-0.39, 0.29) is 17.1 Å². The second-order valence-corrected chi connectivity index (χ2v) is 6.36. The predicted octanol–water partition coefficient (Wildman–Crippen LogP) is 3.75.